The molecular weight excluding hydrogens is 264 g/mol. The molecule has 21 heavy (non-hydrogen) atoms. The van der Waals surface area contributed by atoms with E-state index in [1.165, 1.54) is 11.1 Å². The van der Waals surface area contributed by atoms with E-state index in [9.17, 15) is 0 Å². The van der Waals surface area contributed by atoms with Crippen molar-refractivity contribution in [2.75, 3.05) is 18.9 Å². The van der Waals surface area contributed by atoms with Crippen LogP contribution < -0.4 is 15.2 Å². The van der Waals surface area contributed by atoms with Crippen molar-refractivity contribution >= 4 is 5.69 Å². The molecule has 1 aliphatic heterocycles. The SMILES string of the molecule is N#Cc1ccc(OCCc2ccc3c(c2)CCO3)c(N)c1. The zero-order valence-corrected chi connectivity index (χ0v) is 11.6. The van der Waals surface area contributed by atoms with Gasteiger partial charge >= 0.3 is 0 Å². The third-order valence-electron chi connectivity index (χ3n) is 3.54. The second kappa shape index (κ2) is 5.76. The Morgan fingerprint density at radius 3 is 2.95 bits per heavy atom. The summed E-state index contributed by atoms with van der Waals surface area (Å²) in [6.45, 7) is 1.33. The molecule has 0 unspecified atom stereocenters. The molecule has 4 nitrogen and oxygen atoms in total. The Morgan fingerprint density at radius 2 is 2.14 bits per heavy atom. The highest BCUT2D eigenvalue weighted by atomic mass is 16.5. The van der Waals surface area contributed by atoms with Crippen molar-refractivity contribution in [3.63, 3.8) is 0 Å². The first-order valence-electron chi connectivity index (χ1n) is 6.93. The summed E-state index contributed by atoms with van der Waals surface area (Å²) >= 11 is 0. The molecule has 1 aliphatic rings. The summed E-state index contributed by atoms with van der Waals surface area (Å²) in [6.07, 6.45) is 1.79. The molecule has 0 atom stereocenters. The molecule has 0 saturated carbocycles. The Labute approximate surface area is 123 Å². The van der Waals surface area contributed by atoms with Crippen LogP contribution in [0.3, 0.4) is 0 Å². The van der Waals surface area contributed by atoms with Gasteiger partial charge in [-0.1, -0.05) is 12.1 Å². The molecule has 1 heterocycles. The number of nitrogens with two attached hydrogens (primary N) is 1. The number of nitriles is 1. The minimum absolute atomic E-state index is 0.497. The lowest BCUT2D eigenvalue weighted by Crippen LogP contribution is -2.03. The fraction of sp³-hybridized carbons (Fsp3) is 0.235. The van der Waals surface area contributed by atoms with Crippen molar-refractivity contribution < 1.29 is 9.47 Å². The number of nitrogen functional groups attached to an aromatic ring is 1. The maximum Gasteiger partial charge on any atom is 0.142 e. The van der Waals surface area contributed by atoms with E-state index in [4.69, 9.17) is 20.5 Å². The maximum absolute atomic E-state index is 8.80. The van der Waals surface area contributed by atoms with Crippen LogP contribution in [0.15, 0.2) is 36.4 Å². The van der Waals surface area contributed by atoms with Gasteiger partial charge in [0.25, 0.3) is 0 Å². The number of anilines is 1. The highest BCUT2D eigenvalue weighted by molar-refractivity contribution is 5.56. The molecule has 106 valence electrons. The third-order valence-corrected chi connectivity index (χ3v) is 3.54. The topological polar surface area (TPSA) is 68.3 Å². The molecule has 0 amide bonds. The predicted molar refractivity (Wildman–Crippen MR) is 80.4 cm³/mol. The number of hydrogen-bond acceptors (Lipinski definition) is 4. The van der Waals surface area contributed by atoms with Gasteiger partial charge in [0.2, 0.25) is 0 Å². The fourth-order valence-corrected chi connectivity index (χ4v) is 2.42. The third kappa shape index (κ3) is 2.92. The number of benzene rings is 2. The van der Waals surface area contributed by atoms with Gasteiger partial charge in [-0.05, 0) is 35.4 Å². The second-order valence-electron chi connectivity index (χ2n) is 5.00. The zero-order chi connectivity index (χ0) is 14.7. The molecule has 0 aliphatic carbocycles. The quantitative estimate of drug-likeness (QED) is 0.874. The number of fused-ring (bicyclic) bond motifs is 1. The van der Waals surface area contributed by atoms with E-state index in [0.717, 1.165) is 25.2 Å². The van der Waals surface area contributed by atoms with Gasteiger partial charge < -0.3 is 15.2 Å². The smallest absolute Gasteiger partial charge is 0.142 e. The largest absolute Gasteiger partial charge is 0.493 e. The van der Waals surface area contributed by atoms with E-state index >= 15 is 0 Å². The molecule has 0 aromatic heterocycles. The molecule has 0 radical (unpaired) electrons. The van der Waals surface area contributed by atoms with E-state index < -0.39 is 0 Å². The standard InChI is InChI=1S/C17H16N2O2/c18-11-13-2-4-17(15(19)10-13)21-7-5-12-1-3-16-14(9-12)6-8-20-16/h1-4,9-10H,5-8,19H2. The lowest BCUT2D eigenvalue weighted by atomic mass is 10.1. The fourth-order valence-electron chi connectivity index (χ4n) is 2.42. The van der Waals surface area contributed by atoms with Crippen LogP contribution in [0.2, 0.25) is 0 Å². The van der Waals surface area contributed by atoms with Crippen LogP contribution in [0, 0.1) is 11.3 Å². The van der Waals surface area contributed by atoms with Crippen LogP contribution in [0.5, 0.6) is 11.5 Å². The monoisotopic (exact) mass is 280 g/mol. The molecule has 3 rings (SSSR count). The van der Waals surface area contributed by atoms with Gasteiger partial charge in [0.15, 0.2) is 0 Å². The van der Waals surface area contributed by atoms with Crippen molar-refractivity contribution in [3.05, 3.63) is 53.1 Å². The van der Waals surface area contributed by atoms with Gasteiger partial charge in [0, 0.05) is 12.8 Å². The van der Waals surface area contributed by atoms with Gasteiger partial charge in [-0.2, -0.15) is 5.26 Å². The van der Waals surface area contributed by atoms with E-state index in [2.05, 4.69) is 18.2 Å². The minimum Gasteiger partial charge on any atom is -0.493 e. The molecule has 0 saturated heterocycles. The van der Waals surface area contributed by atoms with Gasteiger partial charge in [-0.3, -0.25) is 0 Å². The van der Waals surface area contributed by atoms with Crippen molar-refractivity contribution in [1.29, 1.82) is 5.26 Å². The molecule has 2 N–H and O–H groups in total. The predicted octanol–water partition coefficient (Wildman–Crippen LogP) is 2.70. The first-order valence-corrected chi connectivity index (χ1v) is 6.93. The Hall–Kier alpha value is -2.67. The van der Waals surface area contributed by atoms with E-state index in [1.54, 1.807) is 18.2 Å². The first kappa shape index (κ1) is 13.3. The average molecular weight is 280 g/mol. The minimum atomic E-state index is 0.497. The van der Waals surface area contributed by atoms with Crippen LogP contribution in [-0.4, -0.2) is 13.2 Å². The number of nitrogens with zero attached hydrogens (tertiary/aromatic N) is 1. The van der Waals surface area contributed by atoms with Crippen LogP contribution in [0.25, 0.3) is 0 Å². The second-order valence-corrected chi connectivity index (χ2v) is 5.00. The van der Waals surface area contributed by atoms with E-state index in [0.29, 0.717) is 23.6 Å². The summed E-state index contributed by atoms with van der Waals surface area (Å²) in [6, 6.07) is 13.4. The molecule has 2 aromatic rings. The van der Waals surface area contributed by atoms with Gasteiger partial charge in [-0.25, -0.2) is 0 Å². The molecule has 0 spiro atoms. The Kier molecular flexibility index (Phi) is 3.65. The highest BCUT2D eigenvalue weighted by Gasteiger charge is 2.11. The van der Waals surface area contributed by atoms with Crippen LogP contribution in [0.1, 0.15) is 16.7 Å². The summed E-state index contributed by atoms with van der Waals surface area (Å²) in [7, 11) is 0. The normalized spacial score (nSPS) is 12.3. The summed E-state index contributed by atoms with van der Waals surface area (Å²) in [4.78, 5) is 0. The van der Waals surface area contributed by atoms with Crippen molar-refractivity contribution in [2.45, 2.75) is 12.8 Å². The maximum atomic E-state index is 8.80. The first-order chi connectivity index (χ1) is 10.3. The molecule has 2 aromatic carbocycles. The average Bonchev–Trinajstić information content (AvgIpc) is 2.96. The van der Waals surface area contributed by atoms with Crippen LogP contribution >= 0.6 is 0 Å². The summed E-state index contributed by atoms with van der Waals surface area (Å²) < 4.78 is 11.2. The van der Waals surface area contributed by atoms with Gasteiger partial charge in [-0.15, -0.1) is 0 Å². The Morgan fingerprint density at radius 1 is 1.24 bits per heavy atom. The van der Waals surface area contributed by atoms with E-state index in [-0.39, 0.29) is 0 Å². The van der Waals surface area contributed by atoms with Crippen molar-refractivity contribution in [2.24, 2.45) is 0 Å². The number of rotatable bonds is 4. The molecular formula is C17H16N2O2. The Balaban J connectivity index is 1.60. The number of hydrogen-bond donors (Lipinski definition) is 1. The highest BCUT2D eigenvalue weighted by Crippen LogP contribution is 2.26. The van der Waals surface area contributed by atoms with Crippen LogP contribution in [-0.2, 0) is 12.8 Å². The summed E-state index contributed by atoms with van der Waals surface area (Å²) in [5, 5.41) is 8.80. The lowest BCUT2D eigenvalue weighted by Gasteiger charge is -2.09. The Bertz CT molecular complexity index is 704. The number of ether oxygens (including phenoxy) is 2. The molecule has 4 heteroatoms. The lowest BCUT2D eigenvalue weighted by molar-refractivity contribution is 0.323. The van der Waals surface area contributed by atoms with Crippen molar-refractivity contribution in [1.82, 2.24) is 0 Å². The van der Waals surface area contributed by atoms with Crippen molar-refractivity contribution in [3.8, 4) is 17.6 Å². The summed E-state index contributed by atoms with van der Waals surface area (Å²) in [5.74, 6) is 1.62. The molecule has 0 fully saturated rings. The zero-order valence-electron chi connectivity index (χ0n) is 11.6. The van der Waals surface area contributed by atoms with E-state index in [1.807, 2.05) is 6.07 Å². The van der Waals surface area contributed by atoms with Gasteiger partial charge in [0.05, 0.1) is 30.5 Å². The summed E-state index contributed by atoms with van der Waals surface area (Å²) in [5.41, 5.74) is 9.39. The molecule has 0 bridgehead atoms. The van der Waals surface area contributed by atoms with Crippen LogP contribution in [0.4, 0.5) is 5.69 Å². The van der Waals surface area contributed by atoms with Gasteiger partial charge in [0.1, 0.15) is 11.5 Å².